The lowest BCUT2D eigenvalue weighted by atomic mass is 9.98. The number of alkyl halides is 1. The van der Waals surface area contributed by atoms with Gasteiger partial charge in [-0.25, -0.2) is 13.8 Å². The van der Waals surface area contributed by atoms with Crippen molar-refractivity contribution in [2.24, 2.45) is 0 Å². The molecule has 39 heavy (non-hydrogen) atoms. The molecule has 1 aromatic heterocycles. The van der Waals surface area contributed by atoms with Gasteiger partial charge in [0.2, 0.25) is 0 Å². The van der Waals surface area contributed by atoms with Gasteiger partial charge >= 0.3 is 19.4 Å². The van der Waals surface area contributed by atoms with Gasteiger partial charge in [-0.15, -0.1) is 0 Å². The van der Waals surface area contributed by atoms with E-state index in [0.717, 1.165) is 30.2 Å². The van der Waals surface area contributed by atoms with Crippen molar-refractivity contribution >= 4 is 36.9 Å². The van der Waals surface area contributed by atoms with Crippen LogP contribution in [0.1, 0.15) is 39.8 Å². The number of aromatic amines is 1. The van der Waals surface area contributed by atoms with Crippen LogP contribution in [0.2, 0.25) is 10.0 Å². The largest absolute Gasteiger partial charge is 0.465 e. The van der Waals surface area contributed by atoms with Gasteiger partial charge in [0.25, 0.3) is 5.56 Å². The summed E-state index contributed by atoms with van der Waals surface area (Å²) in [6.07, 6.45) is -2.53. The summed E-state index contributed by atoms with van der Waals surface area (Å²) in [6.45, 7) is 3.73. The Balaban J connectivity index is 1.82. The van der Waals surface area contributed by atoms with Crippen LogP contribution in [0.25, 0.3) is 0 Å². The summed E-state index contributed by atoms with van der Waals surface area (Å²) in [4.78, 5) is 37.9. The normalized spacial score (nSPS) is 25.2. The molecule has 12 nitrogen and oxygen atoms in total. The van der Waals surface area contributed by atoms with E-state index in [9.17, 15) is 24.1 Å². The molecule has 6 atom stereocenters. The monoisotopic (exact) mass is 611 g/mol. The van der Waals surface area contributed by atoms with E-state index < -0.39 is 61.7 Å². The molecule has 216 valence electrons. The lowest BCUT2D eigenvalue weighted by Crippen LogP contribution is -2.43. The second kappa shape index (κ2) is 12.9. The van der Waals surface area contributed by atoms with E-state index in [0.29, 0.717) is 6.42 Å². The van der Waals surface area contributed by atoms with Crippen LogP contribution in [0.4, 0.5) is 4.39 Å². The number of benzene rings is 1. The number of unbranched alkanes of at least 4 members (excludes halogenated alkanes) is 1. The van der Waals surface area contributed by atoms with Gasteiger partial charge in [0.15, 0.2) is 11.9 Å². The second-order valence-electron chi connectivity index (χ2n) is 8.97. The van der Waals surface area contributed by atoms with Gasteiger partial charge in [0.05, 0.1) is 18.2 Å². The van der Waals surface area contributed by atoms with Gasteiger partial charge in [-0.1, -0.05) is 36.5 Å². The van der Waals surface area contributed by atoms with Crippen LogP contribution in [0, 0.1) is 0 Å². The number of carbonyl (C=O) groups excluding carboxylic acids is 1. The zero-order chi connectivity index (χ0) is 29.0. The van der Waals surface area contributed by atoms with Crippen molar-refractivity contribution < 1.29 is 37.4 Å². The molecule has 1 aliphatic rings. The molecule has 3 N–H and O–H groups in total. The average molecular weight is 612 g/mol. The standard InChI is InChI=1S/C23H29Cl2FN3O9P/c1-4-5-10-35-20(32)13(2)28-39(34,38-16-7-6-14(24)11-15(16)25)36-12-17-19(31)23(3,26)21(37-17)29-9-8-18(30)27-22(29)33/h6-9,11,13,17,19,21,31H,4-5,10,12H2,1-3H3,(H,28,34)(H,27,30,33)/t13-,17+,19+,21+,23+,39?/m0/s1. The number of esters is 1. The summed E-state index contributed by atoms with van der Waals surface area (Å²) in [7, 11) is -4.47. The Hall–Kier alpha value is -2.25. The smallest absolute Gasteiger partial charge is 0.459 e. The van der Waals surface area contributed by atoms with Crippen molar-refractivity contribution in [1.29, 1.82) is 0 Å². The number of nitrogens with one attached hydrogen (secondary N) is 2. The maximum absolute atomic E-state index is 15.5. The van der Waals surface area contributed by atoms with Crippen molar-refractivity contribution in [1.82, 2.24) is 14.6 Å². The number of hydrogen-bond acceptors (Lipinski definition) is 9. The number of halogens is 3. The van der Waals surface area contributed by atoms with Gasteiger partial charge in [0, 0.05) is 17.3 Å². The minimum atomic E-state index is -4.47. The van der Waals surface area contributed by atoms with E-state index in [1.807, 2.05) is 11.9 Å². The van der Waals surface area contributed by atoms with Crippen LogP contribution in [0.15, 0.2) is 40.1 Å². The quantitative estimate of drug-likeness (QED) is 0.184. The van der Waals surface area contributed by atoms with Crippen LogP contribution in [0.3, 0.4) is 0 Å². The molecule has 0 bridgehead atoms. The molecule has 1 fully saturated rings. The highest BCUT2D eigenvalue weighted by Gasteiger charge is 2.56. The molecule has 1 unspecified atom stereocenters. The van der Waals surface area contributed by atoms with E-state index in [2.05, 4.69) is 5.09 Å². The number of carbonyl (C=O) groups is 1. The zero-order valence-corrected chi connectivity index (χ0v) is 23.7. The molecule has 0 spiro atoms. The Morgan fingerprint density at radius 3 is 2.72 bits per heavy atom. The fourth-order valence-electron chi connectivity index (χ4n) is 3.63. The first-order chi connectivity index (χ1) is 18.3. The molecular formula is C23H29Cl2FN3O9P. The summed E-state index contributed by atoms with van der Waals surface area (Å²) >= 11 is 12.1. The topological polar surface area (TPSA) is 158 Å². The summed E-state index contributed by atoms with van der Waals surface area (Å²) in [6, 6.07) is 3.88. The lowest BCUT2D eigenvalue weighted by Gasteiger charge is -2.25. The molecule has 2 heterocycles. The Kier molecular flexibility index (Phi) is 10.4. The average Bonchev–Trinajstić information content (AvgIpc) is 3.08. The van der Waals surface area contributed by atoms with Gasteiger partial charge in [-0.05, 0) is 38.5 Å². The second-order valence-corrected chi connectivity index (χ2v) is 11.5. The van der Waals surface area contributed by atoms with E-state index in [1.54, 1.807) is 0 Å². The molecule has 0 saturated carbocycles. The van der Waals surface area contributed by atoms with E-state index in [1.165, 1.54) is 25.1 Å². The Labute approximate surface area is 232 Å². The predicted octanol–water partition coefficient (Wildman–Crippen LogP) is 3.36. The number of aromatic nitrogens is 2. The number of hydrogen-bond donors (Lipinski definition) is 3. The zero-order valence-electron chi connectivity index (χ0n) is 21.3. The molecule has 1 aromatic carbocycles. The van der Waals surface area contributed by atoms with Gasteiger partial charge in [0.1, 0.15) is 24.0 Å². The highest BCUT2D eigenvalue weighted by atomic mass is 35.5. The first-order valence-electron chi connectivity index (χ1n) is 11.9. The highest BCUT2D eigenvalue weighted by Crippen LogP contribution is 2.49. The number of rotatable bonds is 12. The number of aliphatic hydroxyl groups excluding tert-OH is 1. The van der Waals surface area contributed by atoms with Crippen LogP contribution in [0.5, 0.6) is 5.75 Å². The maximum Gasteiger partial charge on any atom is 0.459 e. The molecule has 1 aliphatic heterocycles. The first-order valence-corrected chi connectivity index (χ1v) is 14.2. The fraction of sp³-hybridized carbons (Fsp3) is 0.522. The summed E-state index contributed by atoms with van der Waals surface area (Å²) in [5, 5.41) is 13.3. The minimum absolute atomic E-state index is 0.0164. The van der Waals surface area contributed by atoms with Crippen molar-refractivity contribution in [2.75, 3.05) is 13.2 Å². The third-order valence-electron chi connectivity index (χ3n) is 5.79. The van der Waals surface area contributed by atoms with Crippen molar-refractivity contribution in [3.05, 3.63) is 61.3 Å². The summed E-state index contributed by atoms with van der Waals surface area (Å²) in [5.41, 5.74) is -4.19. The third-order valence-corrected chi connectivity index (χ3v) is 7.95. The molecule has 0 aliphatic carbocycles. The summed E-state index contributed by atoms with van der Waals surface area (Å²) in [5.74, 6) is -0.839. The highest BCUT2D eigenvalue weighted by molar-refractivity contribution is 7.52. The van der Waals surface area contributed by atoms with Crippen LogP contribution < -0.4 is 20.9 Å². The fourth-order valence-corrected chi connectivity index (χ4v) is 5.66. The predicted molar refractivity (Wildman–Crippen MR) is 140 cm³/mol. The third kappa shape index (κ3) is 7.69. The lowest BCUT2D eigenvalue weighted by molar-refractivity contribution is -0.145. The number of H-pyrrole nitrogens is 1. The maximum atomic E-state index is 15.5. The van der Waals surface area contributed by atoms with Crippen LogP contribution in [-0.2, 0) is 23.4 Å². The van der Waals surface area contributed by atoms with Crippen molar-refractivity contribution in [2.45, 2.75) is 63.8 Å². The minimum Gasteiger partial charge on any atom is -0.465 e. The molecule has 2 aromatic rings. The molecular weight excluding hydrogens is 583 g/mol. The number of aliphatic hydroxyl groups is 1. The molecule has 0 amide bonds. The molecule has 1 saturated heterocycles. The van der Waals surface area contributed by atoms with Gasteiger partial charge < -0.3 is 19.1 Å². The van der Waals surface area contributed by atoms with Gasteiger partial charge in [-0.3, -0.25) is 23.7 Å². The molecule has 0 radical (unpaired) electrons. The Morgan fingerprint density at radius 2 is 2.08 bits per heavy atom. The number of ether oxygens (including phenoxy) is 2. The van der Waals surface area contributed by atoms with E-state index in [-0.39, 0.29) is 22.4 Å². The van der Waals surface area contributed by atoms with Crippen molar-refractivity contribution in [3.63, 3.8) is 0 Å². The van der Waals surface area contributed by atoms with Crippen molar-refractivity contribution in [3.8, 4) is 5.75 Å². The first kappa shape index (κ1) is 31.3. The van der Waals surface area contributed by atoms with E-state index in [4.69, 9.17) is 41.7 Å². The molecule has 16 heteroatoms. The Bertz CT molecular complexity index is 1340. The Morgan fingerprint density at radius 1 is 1.36 bits per heavy atom. The van der Waals surface area contributed by atoms with Crippen LogP contribution in [-0.4, -0.2) is 57.8 Å². The number of nitrogens with zero attached hydrogens (tertiary/aromatic N) is 1. The van der Waals surface area contributed by atoms with Crippen LogP contribution >= 0.6 is 30.9 Å². The van der Waals surface area contributed by atoms with E-state index >= 15 is 4.39 Å². The van der Waals surface area contributed by atoms with Gasteiger partial charge in [-0.2, -0.15) is 5.09 Å². The summed E-state index contributed by atoms with van der Waals surface area (Å²) < 4.78 is 51.7. The molecule has 3 rings (SSSR count). The SMILES string of the molecule is CCCCOC(=O)[C@H](C)NP(=O)(OC[C@H]1O[C@@H](n2ccc(=O)[nH]c2=O)[C@](C)(F)[C@@H]1O)Oc1ccc(Cl)cc1Cl.